The van der Waals surface area contributed by atoms with Gasteiger partial charge >= 0.3 is 0 Å². The topological polar surface area (TPSA) is 98.7 Å². The zero-order valence-electron chi connectivity index (χ0n) is 10.2. The first kappa shape index (κ1) is 13.7. The third-order valence-electron chi connectivity index (χ3n) is 2.64. The molecule has 1 aliphatic rings. The van der Waals surface area contributed by atoms with Crippen molar-refractivity contribution in [3.8, 4) is 0 Å². The lowest BCUT2D eigenvalue weighted by Crippen LogP contribution is -2.45. The quantitative estimate of drug-likeness (QED) is 0.567. The van der Waals surface area contributed by atoms with Crippen LogP contribution in [0.4, 0.5) is 0 Å². The zero-order valence-corrected chi connectivity index (χ0v) is 10.2. The Kier molecular flexibility index (Phi) is 4.28. The summed E-state index contributed by atoms with van der Waals surface area (Å²) in [6.07, 6.45) is 0.892. The number of likely N-dealkylation sites (tertiary alicyclic amines) is 1. The average Bonchev–Trinajstić information content (AvgIpc) is 2.15. The third kappa shape index (κ3) is 4.99. The van der Waals surface area contributed by atoms with Crippen LogP contribution in [0, 0.1) is 10.1 Å². The maximum atomic E-state index is 11.8. The van der Waals surface area contributed by atoms with Gasteiger partial charge in [-0.15, -0.1) is 10.1 Å². The number of amides is 1. The molecular weight excluding hydrogens is 226 g/mol. The van der Waals surface area contributed by atoms with Gasteiger partial charge in [0, 0.05) is 25.0 Å². The minimum atomic E-state index is -0.773. The second-order valence-electron chi connectivity index (χ2n) is 5.07. The Balaban J connectivity index is 2.36. The molecule has 0 unspecified atom stereocenters. The van der Waals surface area contributed by atoms with E-state index in [1.807, 2.05) is 0 Å². The Morgan fingerprint density at radius 2 is 2.06 bits per heavy atom. The lowest BCUT2D eigenvalue weighted by atomic mass is 10.00. The maximum absolute atomic E-state index is 11.8. The van der Waals surface area contributed by atoms with Crippen molar-refractivity contribution in [1.82, 2.24) is 4.90 Å². The fraction of sp³-hybridized carbons (Fsp3) is 0.900. The van der Waals surface area contributed by atoms with Crippen LogP contribution in [0.5, 0.6) is 0 Å². The molecule has 0 aromatic carbocycles. The first-order valence-electron chi connectivity index (χ1n) is 5.66. The van der Waals surface area contributed by atoms with E-state index >= 15 is 0 Å². The van der Waals surface area contributed by atoms with E-state index in [0.717, 1.165) is 0 Å². The van der Waals surface area contributed by atoms with Crippen molar-refractivity contribution in [3.05, 3.63) is 10.1 Å². The number of carbonyl (C=O) groups excluding carboxylic acids is 1. The predicted octanol–water partition coefficient (Wildman–Crippen LogP) is 0.313. The van der Waals surface area contributed by atoms with Crippen LogP contribution in [0.3, 0.4) is 0 Å². The maximum Gasteiger partial charge on any atom is 0.294 e. The van der Waals surface area contributed by atoms with Crippen molar-refractivity contribution < 1.29 is 14.7 Å². The first-order chi connectivity index (χ1) is 7.78. The van der Waals surface area contributed by atoms with Gasteiger partial charge in [-0.25, -0.2) is 0 Å². The van der Waals surface area contributed by atoms with Crippen LogP contribution in [-0.4, -0.2) is 40.6 Å². The highest BCUT2D eigenvalue weighted by molar-refractivity contribution is 5.77. The van der Waals surface area contributed by atoms with Gasteiger partial charge in [-0.05, 0) is 26.7 Å². The van der Waals surface area contributed by atoms with Gasteiger partial charge in [-0.3, -0.25) is 4.79 Å². The van der Waals surface area contributed by atoms with Crippen molar-refractivity contribution >= 4 is 5.91 Å². The molecule has 0 radical (unpaired) electrons. The fourth-order valence-corrected chi connectivity index (χ4v) is 1.83. The van der Waals surface area contributed by atoms with Crippen LogP contribution in [0.1, 0.15) is 33.1 Å². The molecule has 1 rings (SSSR count). The van der Waals surface area contributed by atoms with Gasteiger partial charge in [-0.2, -0.15) is 0 Å². The second kappa shape index (κ2) is 5.31. The number of nitrogens with two attached hydrogens (primary N) is 1. The summed E-state index contributed by atoms with van der Waals surface area (Å²) in [6, 6.07) is 0. The Morgan fingerprint density at radius 1 is 1.53 bits per heavy atom. The molecule has 7 nitrogen and oxygen atoms in total. The highest BCUT2D eigenvalue weighted by Gasteiger charge is 2.27. The largest absolute Gasteiger partial charge is 0.342 e. The number of rotatable bonds is 4. The van der Waals surface area contributed by atoms with Crippen LogP contribution in [0.2, 0.25) is 0 Å². The summed E-state index contributed by atoms with van der Waals surface area (Å²) in [5.41, 5.74) is 5.25. The number of piperidine rings is 1. The molecule has 1 fully saturated rings. The SMILES string of the molecule is CC(C)(N)CC(=O)N1CCC(O[N+](=O)[O-])CC1. The number of nitrogens with zero attached hydrogens (tertiary/aromatic N) is 2. The van der Waals surface area contributed by atoms with E-state index in [9.17, 15) is 14.9 Å². The van der Waals surface area contributed by atoms with Crippen molar-refractivity contribution in [2.45, 2.75) is 44.8 Å². The average molecular weight is 245 g/mol. The number of carbonyl (C=O) groups is 1. The van der Waals surface area contributed by atoms with Gasteiger partial charge in [0.05, 0.1) is 0 Å². The molecule has 2 N–H and O–H groups in total. The molecular formula is C10H19N3O4. The van der Waals surface area contributed by atoms with E-state index < -0.39 is 10.6 Å². The summed E-state index contributed by atoms with van der Waals surface area (Å²) >= 11 is 0. The summed E-state index contributed by atoms with van der Waals surface area (Å²) in [5.74, 6) is -0.00273. The Bertz CT molecular complexity index is 292. The molecule has 0 aromatic heterocycles. The molecule has 98 valence electrons. The highest BCUT2D eigenvalue weighted by Crippen LogP contribution is 2.16. The molecule has 1 aliphatic heterocycles. The molecule has 0 bridgehead atoms. The van der Waals surface area contributed by atoms with Crippen molar-refractivity contribution in [2.24, 2.45) is 5.73 Å². The van der Waals surface area contributed by atoms with Crippen LogP contribution in [0.15, 0.2) is 0 Å². The summed E-state index contributed by atoms with van der Waals surface area (Å²) in [4.78, 5) is 28.1. The minimum Gasteiger partial charge on any atom is -0.342 e. The van der Waals surface area contributed by atoms with E-state index in [2.05, 4.69) is 4.84 Å². The van der Waals surface area contributed by atoms with Gasteiger partial charge in [0.15, 0.2) is 0 Å². The molecule has 1 amide bonds. The van der Waals surface area contributed by atoms with E-state index in [1.54, 1.807) is 18.7 Å². The van der Waals surface area contributed by atoms with Crippen molar-refractivity contribution in [3.63, 3.8) is 0 Å². The lowest BCUT2D eigenvalue weighted by molar-refractivity contribution is -0.769. The van der Waals surface area contributed by atoms with E-state index in [0.29, 0.717) is 25.9 Å². The Labute approximate surface area is 100.0 Å². The standard InChI is InChI=1S/C10H19N3O4/c1-10(2,11)7-9(14)12-5-3-8(4-6-12)17-13(15)16/h8H,3-7,11H2,1-2H3. The summed E-state index contributed by atoms with van der Waals surface area (Å²) in [6.45, 7) is 4.59. The van der Waals surface area contributed by atoms with E-state index in [1.165, 1.54) is 0 Å². The zero-order chi connectivity index (χ0) is 13.1. The van der Waals surface area contributed by atoms with Gasteiger partial charge in [-0.1, -0.05) is 0 Å². The predicted molar refractivity (Wildman–Crippen MR) is 60.6 cm³/mol. The van der Waals surface area contributed by atoms with Gasteiger partial charge in [0.1, 0.15) is 6.10 Å². The van der Waals surface area contributed by atoms with Gasteiger partial charge in [0.25, 0.3) is 5.09 Å². The monoisotopic (exact) mass is 245 g/mol. The number of hydrogen-bond acceptors (Lipinski definition) is 5. The van der Waals surface area contributed by atoms with Crippen LogP contribution >= 0.6 is 0 Å². The normalized spacial score (nSPS) is 17.9. The molecule has 7 heteroatoms. The Morgan fingerprint density at radius 3 is 2.47 bits per heavy atom. The van der Waals surface area contributed by atoms with Crippen molar-refractivity contribution in [1.29, 1.82) is 0 Å². The number of hydrogen-bond donors (Lipinski definition) is 1. The molecule has 0 spiro atoms. The van der Waals surface area contributed by atoms with Crippen LogP contribution in [0.25, 0.3) is 0 Å². The lowest BCUT2D eigenvalue weighted by Gasteiger charge is -2.32. The van der Waals surface area contributed by atoms with Crippen LogP contribution in [-0.2, 0) is 9.63 Å². The summed E-state index contributed by atoms with van der Waals surface area (Å²) in [7, 11) is 0. The van der Waals surface area contributed by atoms with Gasteiger partial charge < -0.3 is 15.5 Å². The van der Waals surface area contributed by atoms with Gasteiger partial charge in [0.2, 0.25) is 5.91 Å². The molecule has 0 saturated carbocycles. The smallest absolute Gasteiger partial charge is 0.294 e. The van der Waals surface area contributed by atoms with Crippen molar-refractivity contribution in [2.75, 3.05) is 13.1 Å². The molecule has 1 saturated heterocycles. The molecule has 1 heterocycles. The summed E-state index contributed by atoms with van der Waals surface area (Å²) in [5, 5.41) is 9.38. The second-order valence-corrected chi connectivity index (χ2v) is 5.07. The molecule has 17 heavy (non-hydrogen) atoms. The van der Waals surface area contributed by atoms with E-state index in [-0.39, 0.29) is 18.4 Å². The molecule has 0 aromatic rings. The first-order valence-corrected chi connectivity index (χ1v) is 5.66. The highest BCUT2D eigenvalue weighted by atomic mass is 17.0. The summed E-state index contributed by atoms with van der Waals surface area (Å²) < 4.78 is 0. The fourth-order valence-electron chi connectivity index (χ4n) is 1.83. The third-order valence-corrected chi connectivity index (χ3v) is 2.64. The minimum absolute atomic E-state index is 0.00273. The van der Waals surface area contributed by atoms with Crippen LogP contribution < -0.4 is 5.73 Å². The Hall–Kier alpha value is -1.37. The van der Waals surface area contributed by atoms with E-state index in [4.69, 9.17) is 5.73 Å². The molecule has 0 atom stereocenters. The molecule has 0 aliphatic carbocycles.